The van der Waals surface area contributed by atoms with E-state index < -0.39 is 5.97 Å². The van der Waals surface area contributed by atoms with Crippen molar-refractivity contribution in [3.63, 3.8) is 0 Å². The minimum atomic E-state index is -1.07. The van der Waals surface area contributed by atoms with Gasteiger partial charge in [0.2, 0.25) is 0 Å². The summed E-state index contributed by atoms with van der Waals surface area (Å²) in [5, 5.41) is 9.13. The number of nitrogens with zero attached hydrogens (tertiary/aromatic N) is 2. The van der Waals surface area contributed by atoms with E-state index in [1.807, 2.05) is 30.3 Å². The van der Waals surface area contributed by atoms with Crippen LogP contribution in [0.1, 0.15) is 33.6 Å². The number of carboxylic acid groups (broad SMARTS) is 1. The smallest absolute Gasteiger partial charge is 0.337 e. The fraction of sp³-hybridized carbons (Fsp3) is 0.150. The highest BCUT2D eigenvalue weighted by Gasteiger charge is 2.23. The van der Waals surface area contributed by atoms with E-state index in [0.717, 1.165) is 16.9 Å². The largest absolute Gasteiger partial charge is 0.496 e. The molecule has 0 amide bonds. The number of carboxylic acids is 1. The van der Waals surface area contributed by atoms with Gasteiger partial charge in [0.25, 0.3) is 5.56 Å². The van der Waals surface area contributed by atoms with Crippen molar-refractivity contribution in [1.29, 1.82) is 0 Å². The van der Waals surface area contributed by atoms with Crippen molar-refractivity contribution < 1.29 is 14.6 Å². The molecule has 130 valence electrons. The molecule has 2 aromatic heterocycles. The monoisotopic (exact) mass is 348 g/mol. The second kappa shape index (κ2) is 6.15. The van der Waals surface area contributed by atoms with Crippen LogP contribution in [0.15, 0.2) is 47.4 Å². The number of fused-ring (bicyclic) bond motifs is 2. The van der Waals surface area contributed by atoms with Gasteiger partial charge in [0.1, 0.15) is 11.4 Å². The molecule has 0 unspecified atom stereocenters. The molecular weight excluding hydrogens is 332 g/mol. The summed E-state index contributed by atoms with van der Waals surface area (Å²) in [5.41, 5.74) is 3.50. The van der Waals surface area contributed by atoms with Crippen LogP contribution in [0.3, 0.4) is 0 Å². The third kappa shape index (κ3) is 2.56. The Kier molecular flexibility index (Phi) is 3.80. The summed E-state index contributed by atoms with van der Waals surface area (Å²) in [4.78, 5) is 28.6. The second-order valence-corrected chi connectivity index (χ2v) is 6.11. The average Bonchev–Trinajstić information content (AvgIpc) is 3.05. The fourth-order valence-electron chi connectivity index (χ4n) is 3.28. The van der Waals surface area contributed by atoms with Crippen molar-refractivity contribution in [3.8, 4) is 5.75 Å². The molecular formula is C20H16N2O4. The van der Waals surface area contributed by atoms with Crippen LogP contribution in [0.4, 0.5) is 0 Å². The molecule has 6 heteroatoms. The SMILES string of the molecule is COc1ccccc1/C=C1/CCc2c1nc1ccc(C(=O)O)cn1c2=O. The molecule has 0 radical (unpaired) electrons. The zero-order valence-electron chi connectivity index (χ0n) is 14.1. The number of aromatic carboxylic acids is 1. The summed E-state index contributed by atoms with van der Waals surface area (Å²) in [6.07, 6.45) is 4.62. The fourth-order valence-corrected chi connectivity index (χ4v) is 3.28. The zero-order valence-corrected chi connectivity index (χ0v) is 14.1. The van der Waals surface area contributed by atoms with E-state index in [-0.39, 0.29) is 11.1 Å². The topological polar surface area (TPSA) is 80.9 Å². The zero-order chi connectivity index (χ0) is 18.3. The summed E-state index contributed by atoms with van der Waals surface area (Å²) >= 11 is 0. The van der Waals surface area contributed by atoms with Crippen LogP contribution < -0.4 is 10.3 Å². The van der Waals surface area contributed by atoms with Crippen LogP contribution in [0, 0.1) is 0 Å². The van der Waals surface area contributed by atoms with Gasteiger partial charge in [-0.1, -0.05) is 18.2 Å². The predicted molar refractivity (Wildman–Crippen MR) is 97.6 cm³/mol. The number of hydrogen-bond donors (Lipinski definition) is 1. The van der Waals surface area contributed by atoms with Crippen LogP contribution in [0.2, 0.25) is 0 Å². The number of allylic oxidation sites excluding steroid dienone is 1. The Morgan fingerprint density at radius 2 is 2.04 bits per heavy atom. The van der Waals surface area contributed by atoms with E-state index >= 15 is 0 Å². The van der Waals surface area contributed by atoms with Gasteiger partial charge >= 0.3 is 5.97 Å². The molecule has 26 heavy (non-hydrogen) atoms. The van der Waals surface area contributed by atoms with Gasteiger partial charge in [-0.25, -0.2) is 9.78 Å². The Hall–Kier alpha value is -3.41. The first-order valence-electron chi connectivity index (χ1n) is 8.21. The lowest BCUT2D eigenvalue weighted by molar-refractivity contribution is 0.0696. The third-order valence-corrected chi connectivity index (χ3v) is 4.58. The normalized spacial score (nSPS) is 14.6. The first-order valence-corrected chi connectivity index (χ1v) is 8.21. The number of ether oxygens (including phenoxy) is 1. The van der Waals surface area contributed by atoms with Crippen molar-refractivity contribution in [3.05, 3.63) is 75.3 Å². The predicted octanol–water partition coefficient (Wildman–Crippen LogP) is 2.89. The third-order valence-electron chi connectivity index (χ3n) is 4.58. The number of benzene rings is 1. The molecule has 3 aromatic rings. The second-order valence-electron chi connectivity index (χ2n) is 6.11. The van der Waals surface area contributed by atoms with E-state index in [1.54, 1.807) is 13.2 Å². The lowest BCUT2D eigenvalue weighted by atomic mass is 10.1. The molecule has 6 nitrogen and oxygen atoms in total. The van der Waals surface area contributed by atoms with Crippen molar-refractivity contribution in [2.45, 2.75) is 12.8 Å². The van der Waals surface area contributed by atoms with Gasteiger partial charge in [-0.05, 0) is 42.7 Å². The molecule has 1 aliphatic carbocycles. The lowest BCUT2D eigenvalue weighted by Gasteiger charge is -2.07. The number of rotatable bonds is 3. The number of methoxy groups -OCH3 is 1. The van der Waals surface area contributed by atoms with E-state index in [2.05, 4.69) is 4.98 Å². The van der Waals surface area contributed by atoms with Crippen molar-refractivity contribution in [2.75, 3.05) is 7.11 Å². The molecule has 0 bridgehead atoms. The van der Waals surface area contributed by atoms with Crippen molar-refractivity contribution >= 4 is 23.3 Å². The number of pyridine rings is 1. The molecule has 0 saturated heterocycles. The van der Waals surface area contributed by atoms with E-state index in [0.29, 0.717) is 29.7 Å². The van der Waals surface area contributed by atoms with E-state index in [4.69, 9.17) is 9.84 Å². The molecule has 0 fully saturated rings. The number of hydrogen-bond acceptors (Lipinski definition) is 4. The molecule has 1 aromatic carbocycles. The van der Waals surface area contributed by atoms with E-state index in [1.165, 1.54) is 16.7 Å². The van der Waals surface area contributed by atoms with Gasteiger partial charge in [-0.2, -0.15) is 0 Å². The summed E-state index contributed by atoms with van der Waals surface area (Å²) in [6.45, 7) is 0. The van der Waals surface area contributed by atoms with Crippen LogP contribution in [-0.4, -0.2) is 27.6 Å². The summed E-state index contributed by atoms with van der Waals surface area (Å²) in [5.74, 6) is -0.312. The Labute approximate surface area is 149 Å². The standard InChI is InChI=1S/C20H16N2O4/c1-26-16-5-3-2-4-12(16)10-13-6-8-15-18(13)21-17-9-7-14(20(24)25)11-22(17)19(15)23/h2-5,7,9-11H,6,8H2,1H3,(H,24,25)/b13-10-. The Morgan fingerprint density at radius 3 is 2.81 bits per heavy atom. The van der Waals surface area contributed by atoms with Gasteiger partial charge < -0.3 is 9.84 Å². The number of para-hydroxylation sites is 1. The van der Waals surface area contributed by atoms with Gasteiger partial charge in [-0.15, -0.1) is 0 Å². The quantitative estimate of drug-likeness (QED) is 0.787. The van der Waals surface area contributed by atoms with E-state index in [9.17, 15) is 9.59 Å². The number of carbonyl (C=O) groups is 1. The first kappa shape index (κ1) is 16.1. The van der Waals surface area contributed by atoms with Crippen LogP contribution in [0.5, 0.6) is 5.75 Å². The molecule has 0 aliphatic heterocycles. The van der Waals surface area contributed by atoms with Gasteiger partial charge in [0, 0.05) is 17.3 Å². The summed E-state index contributed by atoms with van der Waals surface area (Å²) in [6, 6.07) is 10.7. The minimum absolute atomic E-state index is 0.0594. The molecule has 0 spiro atoms. The van der Waals surface area contributed by atoms with Crippen LogP contribution >= 0.6 is 0 Å². The van der Waals surface area contributed by atoms with Crippen LogP contribution in [0.25, 0.3) is 17.3 Å². The molecule has 4 rings (SSSR count). The molecule has 0 saturated carbocycles. The summed E-state index contributed by atoms with van der Waals surface area (Å²) in [7, 11) is 1.62. The maximum absolute atomic E-state index is 12.8. The highest BCUT2D eigenvalue weighted by molar-refractivity contribution is 5.88. The Morgan fingerprint density at radius 1 is 1.23 bits per heavy atom. The first-order chi connectivity index (χ1) is 12.6. The maximum Gasteiger partial charge on any atom is 0.337 e. The molecule has 0 atom stereocenters. The minimum Gasteiger partial charge on any atom is -0.496 e. The van der Waals surface area contributed by atoms with Gasteiger partial charge in [0.15, 0.2) is 0 Å². The lowest BCUT2D eigenvalue weighted by Crippen LogP contribution is -2.20. The average molecular weight is 348 g/mol. The number of aromatic nitrogens is 2. The van der Waals surface area contributed by atoms with Crippen molar-refractivity contribution in [1.82, 2.24) is 9.38 Å². The summed E-state index contributed by atoms with van der Waals surface area (Å²) < 4.78 is 6.70. The van der Waals surface area contributed by atoms with Gasteiger partial charge in [-0.3, -0.25) is 9.20 Å². The van der Waals surface area contributed by atoms with Crippen molar-refractivity contribution in [2.24, 2.45) is 0 Å². The highest BCUT2D eigenvalue weighted by Crippen LogP contribution is 2.32. The Balaban J connectivity index is 1.88. The Bertz CT molecular complexity index is 1130. The van der Waals surface area contributed by atoms with Crippen LogP contribution in [-0.2, 0) is 6.42 Å². The molecule has 1 N–H and O–H groups in total. The molecule has 1 aliphatic rings. The maximum atomic E-state index is 12.8. The van der Waals surface area contributed by atoms with Gasteiger partial charge in [0.05, 0.1) is 18.4 Å². The molecule has 2 heterocycles. The highest BCUT2D eigenvalue weighted by atomic mass is 16.5.